The van der Waals surface area contributed by atoms with Crippen LogP contribution >= 0.6 is 11.6 Å². The molecule has 0 fully saturated rings. The molecular weight excluding hydrogens is 363 g/mol. The van der Waals surface area contributed by atoms with Gasteiger partial charge in [-0.2, -0.15) is 0 Å². The van der Waals surface area contributed by atoms with Crippen LogP contribution in [0.1, 0.15) is 17.3 Å². The van der Waals surface area contributed by atoms with Crippen molar-refractivity contribution in [1.82, 2.24) is 5.32 Å². The second-order valence-electron chi connectivity index (χ2n) is 5.32. The molecule has 136 valence electrons. The van der Waals surface area contributed by atoms with Gasteiger partial charge in [0.1, 0.15) is 12.4 Å². The molecule has 0 unspecified atom stereocenters. The fourth-order valence-corrected chi connectivity index (χ4v) is 2.08. The van der Waals surface area contributed by atoms with E-state index in [0.717, 1.165) is 6.07 Å². The number of nitrogens with one attached hydrogen (secondary N) is 2. The van der Waals surface area contributed by atoms with Gasteiger partial charge >= 0.3 is 5.97 Å². The van der Waals surface area contributed by atoms with Crippen LogP contribution < -0.4 is 10.6 Å². The van der Waals surface area contributed by atoms with E-state index in [4.69, 9.17) is 16.3 Å². The first-order chi connectivity index (χ1) is 12.3. The Bertz CT molecular complexity index is 811. The Morgan fingerprint density at radius 2 is 1.85 bits per heavy atom. The van der Waals surface area contributed by atoms with Crippen LogP contribution in [0.25, 0.3) is 0 Å². The first-order valence-corrected chi connectivity index (χ1v) is 8.02. The Labute approximate surface area is 154 Å². The summed E-state index contributed by atoms with van der Waals surface area (Å²) in [5, 5.41) is 5.39. The Kier molecular flexibility index (Phi) is 6.68. The molecule has 0 saturated heterocycles. The van der Waals surface area contributed by atoms with E-state index in [-0.39, 0.29) is 5.56 Å². The molecule has 0 spiro atoms. The predicted molar refractivity (Wildman–Crippen MR) is 94.4 cm³/mol. The zero-order valence-corrected chi connectivity index (χ0v) is 14.5. The fourth-order valence-electron chi connectivity index (χ4n) is 1.95. The Morgan fingerprint density at radius 1 is 1.15 bits per heavy atom. The van der Waals surface area contributed by atoms with E-state index in [1.807, 2.05) is 0 Å². The highest BCUT2D eigenvalue weighted by molar-refractivity contribution is 6.30. The van der Waals surface area contributed by atoms with Crippen molar-refractivity contribution in [3.05, 3.63) is 64.9 Å². The van der Waals surface area contributed by atoms with Gasteiger partial charge in [0.2, 0.25) is 0 Å². The molecule has 8 heteroatoms. The van der Waals surface area contributed by atoms with Gasteiger partial charge in [-0.25, -0.2) is 4.39 Å². The van der Waals surface area contributed by atoms with Crippen molar-refractivity contribution < 1.29 is 23.5 Å². The minimum atomic E-state index is -1.07. The van der Waals surface area contributed by atoms with Crippen LogP contribution in [0.3, 0.4) is 0 Å². The highest BCUT2D eigenvalue weighted by Crippen LogP contribution is 2.13. The molecule has 0 bridgehead atoms. The third-order valence-corrected chi connectivity index (χ3v) is 3.52. The minimum absolute atomic E-state index is 0.0753. The summed E-state index contributed by atoms with van der Waals surface area (Å²) in [6.45, 7) is 0.950. The molecule has 0 radical (unpaired) electrons. The van der Waals surface area contributed by atoms with Crippen LogP contribution in [0.4, 0.5) is 10.1 Å². The summed E-state index contributed by atoms with van der Waals surface area (Å²) < 4.78 is 18.0. The number of carbonyl (C=O) groups is 3. The van der Waals surface area contributed by atoms with Gasteiger partial charge in [0.25, 0.3) is 11.8 Å². The summed E-state index contributed by atoms with van der Waals surface area (Å²) >= 11 is 5.76. The molecule has 2 N–H and O–H groups in total. The monoisotopic (exact) mass is 378 g/mol. The van der Waals surface area contributed by atoms with Gasteiger partial charge in [0, 0.05) is 16.3 Å². The quantitative estimate of drug-likeness (QED) is 0.757. The lowest BCUT2D eigenvalue weighted by molar-refractivity contribution is -0.152. The highest BCUT2D eigenvalue weighted by atomic mass is 35.5. The number of rotatable bonds is 6. The first-order valence-electron chi connectivity index (χ1n) is 7.65. The number of carbonyl (C=O) groups excluding carboxylic acids is 3. The number of hydrogen-bond donors (Lipinski definition) is 2. The average Bonchev–Trinajstić information content (AvgIpc) is 2.61. The Balaban J connectivity index is 1.80. The van der Waals surface area contributed by atoms with Crippen molar-refractivity contribution in [3.8, 4) is 0 Å². The van der Waals surface area contributed by atoms with Gasteiger partial charge in [0.15, 0.2) is 6.10 Å². The summed E-state index contributed by atoms with van der Waals surface area (Å²) in [7, 11) is 0. The predicted octanol–water partition coefficient (Wildman–Crippen LogP) is 2.78. The number of anilines is 1. The second-order valence-corrected chi connectivity index (χ2v) is 5.76. The third-order valence-electron chi connectivity index (χ3n) is 3.27. The van der Waals surface area contributed by atoms with Crippen molar-refractivity contribution in [2.24, 2.45) is 0 Å². The lowest BCUT2D eigenvalue weighted by atomic mass is 10.2. The fraction of sp³-hybridized carbons (Fsp3) is 0.167. The van der Waals surface area contributed by atoms with Gasteiger partial charge in [-0.15, -0.1) is 0 Å². The van der Waals surface area contributed by atoms with E-state index in [1.54, 1.807) is 24.3 Å². The maximum atomic E-state index is 13.1. The van der Waals surface area contributed by atoms with Gasteiger partial charge < -0.3 is 15.4 Å². The van der Waals surface area contributed by atoms with Crippen LogP contribution in [0.2, 0.25) is 5.02 Å². The molecule has 0 aliphatic heterocycles. The van der Waals surface area contributed by atoms with Crippen molar-refractivity contribution >= 4 is 35.1 Å². The summed E-state index contributed by atoms with van der Waals surface area (Å²) in [6.07, 6.45) is -1.07. The molecule has 0 aromatic heterocycles. The molecular formula is C18H16ClFN2O4. The van der Waals surface area contributed by atoms with E-state index in [9.17, 15) is 18.8 Å². The summed E-state index contributed by atoms with van der Waals surface area (Å²) in [5.74, 6) is -2.52. The maximum absolute atomic E-state index is 13.1. The van der Waals surface area contributed by atoms with Crippen molar-refractivity contribution in [2.45, 2.75) is 13.0 Å². The van der Waals surface area contributed by atoms with Crippen LogP contribution in [0, 0.1) is 5.82 Å². The third kappa shape index (κ3) is 5.86. The molecule has 6 nitrogen and oxygen atoms in total. The lowest BCUT2D eigenvalue weighted by Gasteiger charge is -2.14. The number of halogens is 2. The molecule has 2 amide bonds. The zero-order valence-electron chi connectivity index (χ0n) is 13.8. The molecule has 1 atom stereocenters. The molecule has 2 aromatic rings. The largest absolute Gasteiger partial charge is 0.451 e. The Morgan fingerprint density at radius 3 is 2.50 bits per heavy atom. The number of amides is 2. The standard InChI is InChI=1S/C18H16ClFN2O4/c1-11(17(24)22-15-7-5-13(19)6-8-15)26-16(23)10-21-18(25)12-3-2-4-14(20)9-12/h2-9,11H,10H2,1H3,(H,21,25)(H,22,24)/t11-/m1/s1. The van der Waals surface area contributed by atoms with E-state index >= 15 is 0 Å². The van der Waals surface area contributed by atoms with Crippen molar-refractivity contribution in [3.63, 3.8) is 0 Å². The average molecular weight is 379 g/mol. The lowest BCUT2D eigenvalue weighted by Crippen LogP contribution is -2.35. The topological polar surface area (TPSA) is 84.5 Å². The summed E-state index contributed by atoms with van der Waals surface area (Å²) in [6, 6.07) is 11.5. The molecule has 0 aliphatic carbocycles. The second kappa shape index (κ2) is 8.96. The molecule has 0 aliphatic rings. The summed E-state index contributed by atoms with van der Waals surface area (Å²) in [4.78, 5) is 35.5. The molecule has 26 heavy (non-hydrogen) atoms. The molecule has 0 heterocycles. The van der Waals surface area contributed by atoms with Crippen molar-refractivity contribution in [1.29, 1.82) is 0 Å². The maximum Gasteiger partial charge on any atom is 0.326 e. The number of hydrogen-bond acceptors (Lipinski definition) is 4. The van der Waals surface area contributed by atoms with Crippen LogP contribution in [-0.2, 0) is 14.3 Å². The SMILES string of the molecule is C[C@@H](OC(=O)CNC(=O)c1cccc(F)c1)C(=O)Nc1ccc(Cl)cc1. The van der Waals surface area contributed by atoms with Gasteiger partial charge in [-0.3, -0.25) is 14.4 Å². The minimum Gasteiger partial charge on any atom is -0.451 e. The van der Waals surface area contributed by atoms with Gasteiger partial charge in [0.05, 0.1) is 0 Å². The molecule has 0 saturated carbocycles. The zero-order chi connectivity index (χ0) is 19.1. The van der Waals surface area contributed by atoms with E-state index in [1.165, 1.54) is 25.1 Å². The number of esters is 1. The molecule has 2 rings (SSSR count). The first kappa shape index (κ1) is 19.4. The highest BCUT2D eigenvalue weighted by Gasteiger charge is 2.18. The normalized spacial score (nSPS) is 11.3. The van der Waals surface area contributed by atoms with Gasteiger partial charge in [-0.1, -0.05) is 17.7 Å². The van der Waals surface area contributed by atoms with Crippen LogP contribution in [0.15, 0.2) is 48.5 Å². The van der Waals surface area contributed by atoms with Crippen molar-refractivity contribution in [2.75, 3.05) is 11.9 Å². The molecule has 2 aromatic carbocycles. The van der Waals surface area contributed by atoms with Crippen LogP contribution in [-0.4, -0.2) is 30.4 Å². The number of benzene rings is 2. The Hall–Kier alpha value is -2.93. The van der Waals surface area contributed by atoms with Gasteiger partial charge in [-0.05, 0) is 49.4 Å². The summed E-state index contributed by atoms with van der Waals surface area (Å²) in [5.41, 5.74) is 0.577. The van der Waals surface area contributed by atoms with E-state index < -0.39 is 36.2 Å². The number of ether oxygens (including phenoxy) is 1. The van der Waals surface area contributed by atoms with Crippen LogP contribution in [0.5, 0.6) is 0 Å². The van der Waals surface area contributed by atoms with E-state index in [0.29, 0.717) is 10.7 Å². The van der Waals surface area contributed by atoms with E-state index in [2.05, 4.69) is 10.6 Å². The smallest absolute Gasteiger partial charge is 0.326 e.